The van der Waals surface area contributed by atoms with Gasteiger partial charge in [-0.3, -0.25) is 14.4 Å². The highest BCUT2D eigenvalue weighted by Gasteiger charge is 2.27. The van der Waals surface area contributed by atoms with Crippen LogP contribution in [0.2, 0.25) is 0 Å². The Kier molecular flexibility index (Phi) is 7.86. The molecule has 1 aromatic carbocycles. The van der Waals surface area contributed by atoms with Gasteiger partial charge in [-0.2, -0.15) is 0 Å². The second-order valence-corrected chi connectivity index (χ2v) is 8.56. The van der Waals surface area contributed by atoms with Crippen LogP contribution in [0.15, 0.2) is 35.7 Å². The maximum Gasteiger partial charge on any atom is 0.322 e. The third kappa shape index (κ3) is 6.79. The van der Waals surface area contributed by atoms with E-state index in [-0.39, 0.29) is 11.5 Å². The third-order valence-electron chi connectivity index (χ3n) is 5.05. The fourth-order valence-electron chi connectivity index (χ4n) is 3.32. The van der Waals surface area contributed by atoms with E-state index in [1.165, 1.54) is 0 Å². The minimum absolute atomic E-state index is 0.0491. The second kappa shape index (κ2) is 10.1. The van der Waals surface area contributed by atoms with Crippen molar-refractivity contribution in [3.63, 3.8) is 0 Å². The van der Waals surface area contributed by atoms with Crippen LogP contribution < -0.4 is 16.0 Å². The molecular weight excluding hydrogens is 386 g/mol. The Labute approximate surface area is 176 Å². The first-order valence-corrected chi connectivity index (χ1v) is 10.2. The summed E-state index contributed by atoms with van der Waals surface area (Å²) in [6.45, 7) is 5.59. The van der Waals surface area contributed by atoms with Crippen LogP contribution >= 0.6 is 0 Å². The maximum absolute atomic E-state index is 12.8. The number of aliphatic hydroxyl groups is 1. The minimum Gasteiger partial charge on any atom is -0.494 e. The molecule has 5 N–H and O–H groups in total. The fourth-order valence-corrected chi connectivity index (χ4v) is 3.32. The molecule has 30 heavy (non-hydrogen) atoms. The molecule has 164 valence electrons. The van der Waals surface area contributed by atoms with Crippen LogP contribution in [0.4, 0.5) is 5.69 Å². The summed E-state index contributed by atoms with van der Waals surface area (Å²) in [5.41, 5.74) is 0.952. The Hall–Kier alpha value is -3.03. The molecule has 0 bridgehead atoms. The molecular formula is C22H31N3O5. The molecule has 0 radical (unpaired) electrons. The summed E-state index contributed by atoms with van der Waals surface area (Å²) in [6.07, 6.45) is 4.68. The highest BCUT2D eigenvalue weighted by atomic mass is 16.4. The lowest BCUT2D eigenvalue weighted by molar-refractivity contribution is -0.136. The molecule has 1 aromatic rings. The summed E-state index contributed by atoms with van der Waals surface area (Å²) in [5, 5.41) is 26.6. The van der Waals surface area contributed by atoms with E-state index < -0.39 is 35.8 Å². The summed E-state index contributed by atoms with van der Waals surface area (Å²) in [4.78, 5) is 36.3. The number of aliphatic hydroxyl groups excluding tert-OH is 1. The van der Waals surface area contributed by atoms with Gasteiger partial charge >= 0.3 is 5.97 Å². The van der Waals surface area contributed by atoms with Gasteiger partial charge in [0.25, 0.3) is 11.8 Å². The van der Waals surface area contributed by atoms with Gasteiger partial charge in [-0.05, 0) is 36.0 Å². The predicted octanol–water partition coefficient (Wildman–Crippen LogP) is 2.82. The average Bonchev–Trinajstić information content (AvgIpc) is 2.67. The van der Waals surface area contributed by atoms with Crippen LogP contribution in [-0.4, -0.2) is 40.6 Å². The zero-order chi connectivity index (χ0) is 22.3. The van der Waals surface area contributed by atoms with Crippen LogP contribution in [0.25, 0.3) is 0 Å². The lowest BCUT2D eigenvalue weighted by Crippen LogP contribution is -2.41. The Morgan fingerprint density at radius 3 is 2.10 bits per heavy atom. The van der Waals surface area contributed by atoms with E-state index >= 15 is 0 Å². The summed E-state index contributed by atoms with van der Waals surface area (Å²) in [6, 6.07) is 7.12. The van der Waals surface area contributed by atoms with Crippen LogP contribution in [0.3, 0.4) is 0 Å². The Morgan fingerprint density at radius 1 is 0.967 bits per heavy atom. The number of amides is 2. The van der Waals surface area contributed by atoms with Crippen molar-refractivity contribution in [2.24, 2.45) is 0 Å². The van der Waals surface area contributed by atoms with Crippen molar-refractivity contribution in [3.05, 3.63) is 41.3 Å². The lowest BCUT2D eigenvalue weighted by atomic mass is 9.87. The van der Waals surface area contributed by atoms with Crippen LogP contribution in [0, 0.1) is 0 Å². The number of anilines is 1. The molecule has 0 saturated heterocycles. The smallest absolute Gasteiger partial charge is 0.322 e. The normalized spacial score (nSPS) is 15.7. The molecule has 0 spiro atoms. The first-order chi connectivity index (χ1) is 14.1. The molecule has 1 saturated carbocycles. The van der Waals surface area contributed by atoms with Crippen LogP contribution in [0.5, 0.6) is 0 Å². The van der Waals surface area contributed by atoms with Crippen molar-refractivity contribution in [3.8, 4) is 0 Å². The summed E-state index contributed by atoms with van der Waals surface area (Å²) < 4.78 is 0. The molecule has 0 unspecified atom stereocenters. The SMILES string of the molecule is CC(C)(C)c1ccc(NC(=O)C(C(=O)NC2CCCCC2)=C(O)NCC(=O)O)cc1. The van der Waals surface area contributed by atoms with Gasteiger partial charge in [0, 0.05) is 11.7 Å². The van der Waals surface area contributed by atoms with Gasteiger partial charge < -0.3 is 26.2 Å². The molecule has 0 atom stereocenters. The number of carboxylic acids is 1. The van der Waals surface area contributed by atoms with Gasteiger partial charge in [0.1, 0.15) is 6.54 Å². The van der Waals surface area contributed by atoms with E-state index in [0.717, 1.165) is 37.7 Å². The van der Waals surface area contributed by atoms with E-state index in [0.29, 0.717) is 5.69 Å². The predicted molar refractivity (Wildman–Crippen MR) is 114 cm³/mol. The number of carbonyl (C=O) groups excluding carboxylic acids is 2. The zero-order valence-corrected chi connectivity index (χ0v) is 17.7. The van der Waals surface area contributed by atoms with Crippen molar-refractivity contribution in [1.29, 1.82) is 0 Å². The Balaban J connectivity index is 2.19. The number of aliphatic carboxylic acids is 1. The number of nitrogens with one attached hydrogen (secondary N) is 3. The minimum atomic E-state index is -1.23. The van der Waals surface area contributed by atoms with E-state index in [4.69, 9.17) is 5.11 Å². The van der Waals surface area contributed by atoms with E-state index in [2.05, 4.69) is 36.7 Å². The molecule has 2 rings (SSSR count). The number of hydrogen-bond acceptors (Lipinski definition) is 5. The second-order valence-electron chi connectivity index (χ2n) is 8.56. The number of carboxylic acid groups (broad SMARTS) is 1. The first-order valence-electron chi connectivity index (χ1n) is 10.2. The molecule has 1 fully saturated rings. The topological polar surface area (TPSA) is 128 Å². The van der Waals surface area contributed by atoms with Gasteiger partial charge in [0.05, 0.1) is 0 Å². The van der Waals surface area contributed by atoms with E-state index in [1.54, 1.807) is 12.1 Å². The van der Waals surface area contributed by atoms with Crippen molar-refractivity contribution in [2.45, 2.75) is 64.3 Å². The van der Waals surface area contributed by atoms with Gasteiger partial charge in [-0.15, -0.1) is 0 Å². The Morgan fingerprint density at radius 2 is 1.57 bits per heavy atom. The van der Waals surface area contributed by atoms with Crippen LogP contribution in [0.1, 0.15) is 58.4 Å². The number of carbonyl (C=O) groups is 3. The highest BCUT2D eigenvalue weighted by Crippen LogP contribution is 2.24. The summed E-state index contributed by atoms with van der Waals surface area (Å²) in [5.74, 6) is -3.55. The number of benzene rings is 1. The largest absolute Gasteiger partial charge is 0.494 e. The van der Waals surface area contributed by atoms with Gasteiger partial charge in [0.2, 0.25) is 5.88 Å². The molecule has 2 amide bonds. The van der Waals surface area contributed by atoms with Gasteiger partial charge in [-0.1, -0.05) is 52.2 Å². The zero-order valence-electron chi connectivity index (χ0n) is 17.7. The van der Waals surface area contributed by atoms with Crippen molar-refractivity contribution >= 4 is 23.5 Å². The Bertz CT molecular complexity index is 803. The summed E-state index contributed by atoms with van der Waals surface area (Å²) >= 11 is 0. The van der Waals surface area contributed by atoms with Gasteiger partial charge in [0.15, 0.2) is 5.57 Å². The number of hydrogen-bond donors (Lipinski definition) is 5. The van der Waals surface area contributed by atoms with Crippen molar-refractivity contribution in [2.75, 3.05) is 11.9 Å². The maximum atomic E-state index is 12.8. The highest BCUT2D eigenvalue weighted by molar-refractivity contribution is 6.23. The summed E-state index contributed by atoms with van der Waals surface area (Å²) in [7, 11) is 0. The fraction of sp³-hybridized carbons (Fsp3) is 0.500. The van der Waals surface area contributed by atoms with Gasteiger partial charge in [-0.25, -0.2) is 0 Å². The molecule has 0 heterocycles. The monoisotopic (exact) mass is 417 g/mol. The molecule has 1 aliphatic rings. The number of rotatable bonds is 7. The van der Waals surface area contributed by atoms with Crippen molar-refractivity contribution < 1.29 is 24.6 Å². The molecule has 8 heteroatoms. The van der Waals surface area contributed by atoms with E-state index in [1.807, 2.05) is 12.1 Å². The molecule has 0 aromatic heterocycles. The lowest BCUT2D eigenvalue weighted by Gasteiger charge is -2.23. The first kappa shape index (κ1) is 23.3. The molecule has 8 nitrogen and oxygen atoms in total. The van der Waals surface area contributed by atoms with E-state index in [9.17, 15) is 19.5 Å². The quantitative estimate of drug-likeness (QED) is 0.201. The van der Waals surface area contributed by atoms with Crippen LogP contribution in [-0.2, 0) is 19.8 Å². The molecule has 1 aliphatic carbocycles. The third-order valence-corrected chi connectivity index (χ3v) is 5.05. The van der Waals surface area contributed by atoms with Crippen molar-refractivity contribution in [1.82, 2.24) is 10.6 Å². The molecule has 0 aliphatic heterocycles. The standard InChI is InChI=1S/C22H31N3O5/c1-22(2,3)14-9-11-16(12-10-14)25-21(30)18(19(28)23-13-17(26)27)20(29)24-15-7-5-4-6-8-15/h9-12,15,23,28H,4-8,13H2,1-3H3,(H,24,29)(H,25,30)(H,26,27). The average molecular weight is 418 g/mol.